The zero-order valence-corrected chi connectivity index (χ0v) is 24.2. The molecule has 208 valence electrons. The van der Waals surface area contributed by atoms with Gasteiger partial charge in [0.1, 0.15) is 5.82 Å². The van der Waals surface area contributed by atoms with Crippen LogP contribution in [0.3, 0.4) is 0 Å². The van der Waals surface area contributed by atoms with Crippen LogP contribution in [0.1, 0.15) is 41.1 Å². The van der Waals surface area contributed by atoms with Crippen LogP contribution in [0.5, 0.6) is 0 Å². The molecule has 4 N–H and O–H groups in total. The van der Waals surface area contributed by atoms with Gasteiger partial charge in [-0.15, -0.1) is 10.2 Å². The number of carboxylic acids is 1. The number of benzene rings is 2. The fraction of sp³-hybridized carbons (Fsp3) is 0.185. The second kappa shape index (κ2) is 11.9. The van der Waals surface area contributed by atoms with Crippen LogP contribution < -0.4 is 16.0 Å². The molecule has 1 aliphatic carbocycles. The fourth-order valence-electron chi connectivity index (χ4n) is 4.82. The Morgan fingerprint density at radius 2 is 1.90 bits per heavy atom. The molecule has 14 heteroatoms. The van der Waals surface area contributed by atoms with Gasteiger partial charge in [-0.1, -0.05) is 64.5 Å². The Kier molecular flexibility index (Phi) is 8.32. The van der Waals surface area contributed by atoms with Gasteiger partial charge in [0.2, 0.25) is 11.0 Å². The average molecular weight is 628 g/mol. The van der Waals surface area contributed by atoms with E-state index in [-0.39, 0.29) is 34.2 Å². The molecular weight excluding hydrogens is 607 g/mol. The number of nitriles is 1. The number of nitrogens with two attached hydrogens (primary N) is 1. The number of halogens is 2. The largest absolute Gasteiger partial charge is 0.478 e. The van der Waals surface area contributed by atoms with E-state index in [2.05, 4.69) is 21.6 Å². The first-order chi connectivity index (χ1) is 19.7. The van der Waals surface area contributed by atoms with E-state index < -0.39 is 17.8 Å². The van der Waals surface area contributed by atoms with Gasteiger partial charge in [0.25, 0.3) is 0 Å². The zero-order valence-electron chi connectivity index (χ0n) is 21.1. The molecule has 0 spiro atoms. The van der Waals surface area contributed by atoms with Gasteiger partial charge in [-0.3, -0.25) is 14.5 Å². The third kappa shape index (κ3) is 5.54. The van der Waals surface area contributed by atoms with Crippen molar-refractivity contribution in [3.05, 3.63) is 86.3 Å². The second-order valence-electron chi connectivity index (χ2n) is 8.99. The van der Waals surface area contributed by atoms with Crippen LogP contribution in [0, 0.1) is 11.3 Å². The van der Waals surface area contributed by atoms with Gasteiger partial charge < -0.3 is 16.2 Å². The number of allylic oxidation sites excluding steroid dienone is 3. The predicted molar refractivity (Wildman–Crippen MR) is 157 cm³/mol. The summed E-state index contributed by atoms with van der Waals surface area (Å²) >= 11 is 15.3. The zero-order chi connectivity index (χ0) is 29.3. The number of carbonyl (C=O) groups excluding carboxylic acids is 2. The van der Waals surface area contributed by atoms with Crippen molar-refractivity contribution in [3.8, 4) is 6.07 Å². The molecular formula is C27H20Cl2N6O4S2. The number of carbonyl (C=O) groups is 3. The number of carboxylic acid groups (broad SMARTS) is 1. The monoisotopic (exact) mass is 626 g/mol. The van der Waals surface area contributed by atoms with Crippen molar-refractivity contribution in [2.45, 2.75) is 29.5 Å². The van der Waals surface area contributed by atoms with Gasteiger partial charge in [0.15, 0.2) is 10.1 Å². The Morgan fingerprint density at radius 3 is 2.61 bits per heavy atom. The lowest BCUT2D eigenvalue weighted by Gasteiger charge is -2.38. The highest BCUT2D eigenvalue weighted by molar-refractivity contribution is 8.01. The summed E-state index contributed by atoms with van der Waals surface area (Å²) in [6, 6.07) is 13.3. The first-order valence-corrected chi connectivity index (χ1v) is 14.8. The number of anilines is 2. The smallest absolute Gasteiger partial charge is 0.337 e. The number of aromatic nitrogens is 2. The van der Waals surface area contributed by atoms with E-state index >= 15 is 0 Å². The van der Waals surface area contributed by atoms with Gasteiger partial charge in [-0.25, -0.2) is 4.79 Å². The number of thioether (sulfide) groups is 1. The van der Waals surface area contributed by atoms with Crippen molar-refractivity contribution in [2.24, 2.45) is 5.73 Å². The molecule has 0 saturated heterocycles. The van der Waals surface area contributed by atoms with E-state index in [1.165, 1.54) is 12.1 Å². The number of rotatable bonds is 7. The number of ketones is 1. The molecule has 5 rings (SSSR count). The van der Waals surface area contributed by atoms with E-state index in [1.54, 1.807) is 35.2 Å². The van der Waals surface area contributed by atoms with Crippen molar-refractivity contribution >= 4 is 74.8 Å². The Bertz CT molecular complexity index is 1680. The summed E-state index contributed by atoms with van der Waals surface area (Å²) in [6.45, 7) is 0. The summed E-state index contributed by atoms with van der Waals surface area (Å²) in [4.78, 5) is 38.9. The van der Waals surface area contributed by atoms with Gasteiger partial charge >= 0.3 is 5.97 Å². The topological polar surface area (TPSA) is 162 Å². The van der Waals surface area contributed by atoms with Gasteiger partial charge in [-0.2, -0.15) is 5.26 Å². The molecule has 0 radical (unpaired) electrons. The Balaban J connectivity index is 1.43. The van der Waals surface area contributed by atoms with Crippen molar-refractivity contribution in [2.75, 3.05) is 16.0 Å². The number of hydrogen-bond acceptors (Lipinski definition) is 10. The number of para-hydroxylation sites is 1. The maximum atomic E-state index is 13.3. The molecule has 0 fully saturated rings. The van der Waals surface area contributed by atoms with Crippen molar-refractivity contribution in [1.82, 2.24) is 10.2 Å². The van der Waals surface area contributed by atoms with Crippen LogP contribution in [0.25, 0.3) is 0 Å². The maximum absolute atomic E-state index is 13.3. The third-order valence-electron chi connectivity index (χ3n) is 6.55. The van der Waals surface area contributed by atoms with Crippen molar-refractivity contribution in [1.29, 1.82) is 5.26 Å². The van der Waals surface area contributed by atoms with Crippen LogP contribution in [0.4, 0.5) is 10.8 Å². The molecule has 2 aromatic carbocycles. The minimum atomic E-state index is -1.15. The number of hydrogen-bond donors (Lipinski definition) is 3. The number of amides is 1. The molecule has 0 bridgehead atoms. The van der Waals surface area contributed by atoms with E-state index in [4.69, 9.17) is 28.9 Å². The maximum Gasteiger partial charge on any atom is 0.337 e. The first-order valence-electron chi connectivity index (χ1n) is 12.2. The normalized spacial score (nSPS) is 16.9. The van der Waals surface area contributed by atoms with Crippen LogP contribution in [-0.2, 0) is 9.59 Å². The number of Topliss-reactive ketones (excluding diaryl/α,β-unsaturated/α-hetero) is 1. The summed E-state index contributed by atoms with van der Waals surface area (Å²) < 4.78 is 0.438. The quantitative estimate of drug-likeness (QED) is 0.282. The highest BCUT2D eigenvalue weighted by Crippen LogP contribution is 2.49. The minimum absolute atomic E-state index is 0.0211. The average Bonchev–Trinajstić information content (AvgIpc) is 3.40. The van der Waals surface area contributed by atoms with Crippen molar-refractivity contribution in [3.63, 3.8) is 0 Å². The molecule has 1 aliphatic heterocycles. The van der Waals surface area contributed by atoms with Crippen LogP contribution in [-0.4, -0.2) is 38.7 Å². The minimum Gasteiger partial charge on any atom is -0.478 e. The summed E-state index contributed by atoms with van der Waals surface area (Å²) in [5.74, 6) is -2.49. The van der Waals surface area contributed by atoms with Gasteiger partial charge in [-0.05, 0) is 37.1 Å². The molecule has 1 amide bonds. The lowest BCUT2D eigenvalue weighted by Crippen LogP contribution is -2.38. The highest BCUT2D eigenvalue weighted by atomic mass is 35.5. The lowest BCUT2D eigenvalue weighted by molar-refractivity contribution is -0.116. The van der Waals surface area contributed by atoms with E-state index in [0.29, 0.717) is 55.6 Å². The lowest BCUT2D eigenvalue weighted by atomic mass is 9.75. The van der Waals surface area contributed by atoms with E-state index in [1.807, 2.05) is 0 Å². The molecule has 10 nitrogen and oxygen atoms in total. The van der Waals surface area contributed by atoms with Gasteiger partial charge in [0, 0.05) is 33.3 Å². The molecule has 2 aliphatic rings. The number of nitrogens with one attached hydrogen (secondary N) is 1. The number of aromatic carboxylic acids is 1. The van der Waals surface area contributed by atoms with Crippen LogP contribution in [0.2, 0.25) is 10.0 Å². The summed E-state index contributed by atoms with van der Waals surface area (Å²) in [6.07, 6.45) is 1.40. The third-order valence-corrected chi connectivity index (χ3v) is 9.25. The van der Waals surface area contributed by atoms with Gasteiger partial charge in [0.05, 0.1) is 34.6 Å². The first kappa shape index (κ1) is 28.6. The highest BCUT2D eigenvalue weighted by Gasteiger charge is 2.42. The summed E-state index contributed by atoms with van der Waals surface area (Å²) in [5.41, 5.74) is 8.31. The van der Waals surface area contributed by atoms with Crippen LogP contribution in [0.15, 0.2) is 69.5 Å². The Morgan fingerprint density at radius 1 is 1.17 bits per heavy atom. The van der Waals surface area contributed by atoms with Crippen LogP contribution >= 0.6 is 46.3 Å². The van der Waals surface area contributed by atoms with E-state index in [0.717, 1.165) is 23.1 Å². The predicted octanol–water partition coefficient (Wildman–Crippen LogP) is 5.58. The molecule has 41 heavy (non-hydrogen) atoms. The molecule has 3 aromatic rings. The fourth-order valence-corrected chi connectivity index (χ4v) is 7.12. The molecule has 1 unspecified atom stereocenters. The Labute approximate surface area is 252 Å². The SMILES string of the molecule is N#CC1=C(N)N(c2nnc(SCC(=O)Nc3ccccc3C(=O)O)s2)C2=C(C(=O)CCC2)C1c1c(Cl)cccc1Cl. The van der Waals surface area contributed by atoms with E-state index in [9.17, 15) is 24.8 Å². The number of nitrogens with zero attached hydrogens (tertiary/aromatic N) is 4. The Hall–Kier alpha value is -3.89. The van der Waals surface area contributed by atoms with Crippen molar-refractivity contribution < 1.29 is 19.5 Å². The summed E-state index contributed by atoms with van der Waals surface area (Å²) in [7, 11) is 0. The second-order valence-corrected chi connectivity index (χ2v) is 12.0. The molecule has 2 heterocycles. The standard InChI is InChI=1S/C27H20Cl2N6O4S2/c28-15-6-3-7-16(29)22(15)21-14(11-30)24(31)35(18-9-4-10-19(36)23(18)21)26-33-34-27(41-26)40-12-20(37)32-17-8-2-1-5-13(17)25(38)39/h1-3,5-8,21H,4,9-10,12,31H2,(H,32,37)(H,38,39). The summed E-state index contributed by atoms with van der Waals surface area (Å²) in [5, 5.41) is 31.5. The molecule has 0 saturated carbocycles. The molecule has 1 aromatic heterocycles. The molecule has 1 atom stereocenters.